The topological polar surface area (TPSA) is 105 Å². The second-order valence-electron chi connectivity index (χ2n) is 10.4. The van der Waals surface area contributed by atoms with Crippen molar-refractivity contribution in [3.05, 3.63) is 88.4 Å². The van der Waals surface area contributed by atoms with E-state index in [-0.39, 0.29) is 36.4 Å². The molecule has 9 nitrogen and oxygen atoms in total. The van der Waals surface area contributed by atoms with Crippen LogP contribution in [0.1, 0.15) is 38.3 Å². The summed E-state index contributed by atoms with van der Waals surface area (Å²) in [5, 5.41) is 3.04. The van der Waals surface area contributed by atoms with Crippen molar-refractivity contribution in [3.63, 3.8) is 0 Å². The van der Waals surface area contributed by atoms with Gasteiger partial charge in [-0.3, -0.25) is 13.9 Å². The fourth-order valence-electron chi connectivity index (χ4n) is 4.73. The number of hydrogen-bond acceptors (Lipinski definition) is 6. The van der Waals surface area contributed by atoms with E-state index >= 15 is 0 Å². The Bertz CT molecular complexity index is 1520. The first-order valence-corrected chi connectivity index (χ1v) is 16.8. The fourth-order valence-corrected chi connectivity index (χ4v) is 6.23. The number of fused-ring (bicyclic) bond motifs is 1. The van der Waals surface area contributed by atoms with E-state index in [1.54, 1.807) is 18.2 Å². The number of amides is 2. The number of hydrogen-bond donors (Lipinski definition) is 1. The van der Waals surface area contributed by atoms with Gasteiger partial charge in [0.2, 0.25) is 21.8 Å². The normalized spacial score (nSPS) is 14.0. The smallest absolute Gasteiger partial charge is 0.244 e. The van der Waals surface area contributed by atoms with Crippen molar-refractivity contribution < 1.29 is 27.5 Å². The van der Waals surface area contributed by atoms with Gasteiger partial charge in [-0.2, -0.15) is 0 Å². The van der Waals surface area contributed by atoms with E-state index in [1.165, 1.54) is 11.8 Å². The Kier molecular flexibility index (Phi) is 11.1. The molecule has 2 atom stereocenters. The highest BCUT2D eigenvalue weighted by atomic mass is 79.9. The molecule has 0 aromatic heterocycles. The molecular formula is C32H38BrN3O6S. The Morgan fingerprint density at radius 3 is 2.30 bits per heavy atom. The molecule has 0 unspecified atom stereocenters. The highest BCUT2D eigenvalue weighted by molar-refractivity contribution is 9.10. The highest BCUT2D eigenvalue weighted by Crippen LogP contribution is 2.35. The molecule has 1 aliphatic heterocycles. The zero-order chi connectivity index (χ0) is 31.0. The molecule has 11 heteroatoms. The van der Waals surface area contributed by atoms with Crippen LogP contribution in [0.2, 0.25) is 0 Å². The quantitative estimate of drug-likeness (QED) is 0.276. The standard InChI is InChI=1S/C32H38BrN3O6S/c1-4-23(3)34-32(38)28(19-24-10-7-6-8-11-24)35(21-25-12-9-13-26(33)18-25)31(37)22-36(43(39,40)5-2)27-14-15-29-30(20-27)42-17-16-41-29/h6-15,18,20,23,28H,4-5,16-17,19,21-22H2,1-3H3,(H,34,38)/t23-,28+/m0/s1. The minimum atomic E-state index is -3.89. The van der Waals surface area contributed by atoms with Gasteiger partial charge in [0.15, 0.2) is 11.5 Å². The number of carbonyl (C=O) groups excluding carboxylic acids is 2. The van der Waals surface area contributed by atoms with Crippen LogP contribution in [0.3, 0.4) is 0 Å². The van der Waals surface area contributed by atoms with Gasteiger partial charge >= 0.3 is 0 Å². The first-order valence-electron chi connectivity index (χ1n) is 14.4. The Labute approximate surface area is 262 Å². The molecule has 3 aromatic carbocycles. The minimum Gasteiger partial charge on any atom is -0.486 e. The zero-order valence-electron chi connectivity index (χ0n) is 24.7. The van der Waals surface area contributed by atoms with Crippen molar-refractivity contribution in [2.45, 2.75) is 52.2 Å². The van der Waals surface area contributed by atoms with Gasteiger partial charge in [0.25, 0.3) is 0 Å². The first-order chi connectivity index (χ1) is 20.6. The average Bonchev–Trinajstić information content (AvgIpc) is 3.01. The molecule has 0 radical (unpaired) electrons. The van der Waals surface area contributed by atoms with E-state index in [4.69, 9.17) is 9.47 Å². The van der Waals surface area contributed by atoms with Crippen LogP contribution in [0.4, 0.5) is 5.69 Å². The summed E-state index contributed by atoms with van der Waals surface area (Å²) in [4.78, 5) is 29.6. The largest absolute Gasteiger partial charge is 0.486 e. The van der Waals surface area contributed by atoms with Crippen molar-refractivity contribution in [2.24, 2.45) is 0 Å². The van der Waals surface area contributed by atoms with Crippen LogP contribution in [0, 0.1) is 0 Å². The van der Waals surface area contributed by atoms with Crippen molar-refractivity contribution >= 4 is 43.5 Å². The minimum absolute atomic E-state index is 0.102. The number of sulfonamides is 1. The maximum Gasteiger partial charge on any atom is 0.244 e. The van der Waals surface area contributed by atoms with Crippen molar-refractivity contribution in [2.75, 3.05) is 29.8 Å². The van der Waals surface area contributed by atoms with E-state index in [2.05, 4.69) is 21.2 Å². The molecule has 0 fully saturated rings. The Hall–Kier alpha value is -3.57. The van der Waals surface area contributed by atoms with E-state index in [0.29, 0.717) is 24.7 Å². The van der Waals surface area contributed by atoms with Crippen molar-refractivity contribution in [1.29, 1.82) is 0 Å². The Balaban J connectivity index is 1.75. The lowest BCUT2D eigenvalue weighted by Gasteiger charge is -2.34. The summed E-state index contributed by atoms with van der Waals surface area (Å²) in [5.41, 5.74) is 1.95. The van der Waals surface area contributed by atoms with Gasteiger partial charge in [0.1, 0.15) is 25.8 Å². The molecule has 0 aliphatic carbocycles. The summed E-state index contributed by atoms with van der Waals surface area (Å²) in [7, 11) is -3.89. The molecule has 0 bridgehead atoms. The summed E-state index contributed by atoms with van der Waals surface area (Å²) in [6.07, 6.45) is 0.976. The number of nitrogens with one attached hydrogen (secondary N) is 1. The Morgan fingerprint density at radius 2 is 1.63 bits per heavy atom. The predicted molar refractivity (Wildman–Crippen MR) is 171 cm³/mol. The molecule has 1 heterocycles. The van der Waals surface area contributed by atoms with E-state index < -0.39 is 28.5 Å². The number of halogens is 1. The maximum absolute atomic E-state index is 14.3. The second-order valence-corrected chi connectivity index (χ2v) is 13.5. The lowest BCUT2D eigenvalue weighted by Crippen LogP contribution is -2.54. The van der Waals surface area contributed by atoms with Crippen molar-refractivity contribution in [3.8, 4) is 11.5 Å². The molecule has 3 aromatic rings. The van der Waals surface area contributed by atoms with Gasteiger partial charge in [-0.15, -0.1) is 0 Å². The monoisotopic (exact) mass is 671 g/mol. The van der Waals surface area contributed by atoms with Crippen molar-refractivity contribution in [1.82, 2.24) is 10.2 Å². The number of ether oxygens (including phenoxy) is 2. The number of rotatable bonds is 13. The number of anilines is 1. The van der Waals surface area contributed by atoms with Crippen LogP contribution in [0.25, 0.3) is 0 Å². The number of nitrogens with zero attached hydrogens (tertiary/aromatic N) is 2. The van der Waals surface area contributed by atoms with Gasteiger partial charge in [-0.25, -0.2) is 8.42 Å². The molecule has 1 aliphatic rings. The molecule has 4 rings (SSSR count). The lowest BCUT2D eigenvalue weighted by molar-refractivity contribution is -0.140. The lowest BCUT2D eigenvalue weighted by atomic mass is 10.0. The molecule has 230 valence electrons. The van der Waals surface area contributed by atoms with Crippen LogP contribution >= 0.6 is 15.9 Å². The predicted octanol–water partition coefficient (Wildman–Crippen LogP) is 4.93. The molecule has 0 spiro atoms. The third-order valence-electron chi connectivity index (χ3n) is 7.31. The van der Waals surface area contributed by atoms with Gasteiger partial charge < -0.3 is 19.7 Å². The van der Waals surface area contributed by atoms with Crippen LogP contribution in [-0.4, -0.2) is 62.7 Å². The molecular weight excluding hydrogens is 634 g/mol. The van der Waals surface area contributed by atoms with Gasteiger partial charge in [0.05, 0.1) is 11.4 Å². The van der Waals surface area contributed by atoms with E-state index in [1.807, 2.05) is 68.4 Å². The van der Waals surface area contributed by atoms with E-state index in [0.717, 1.165) is 26.3 Å². The molecule has 1 N–H and O–H groups in total. The number of benzene rings is 3. The molecule has 43 heavy (non-hydrogen) atoms. The first kappa shape index (κ1) is 32.3. The summed E-state index contributed by atoms with van der Waals surface area (Å²) in [6, 6.07) is 20.8. The SMILES string of the molecule is CC[C@H](C)NC(=O)[C@@H](Cc1ccccc1)N(Cc1cccc(Br)c1)C(=O)CN(c1ccc2c(c1)OCCO2)S(=O)(=O)CC. The fraction of sp³-hybridized carbons (Fsp3) is 0.375. The third kappa shape index (κ3) is 8.51. The van der Waals surface area contributed by atoms with E-state index in [9.17, 15) is 18.0 Å². The third-order valence-corrected chi connectivity index (χ3v) is 9.54. The van der Waals surface area contributed by atoms with Crippen LogP contribution in [0.5, 0.6) is 11.5 Å². The molecule has 0 saturated carbocycles. The molecule has 2 amide bonds. The summed E-state index contributed by atoms with van der Waals surface area (Å²) in [5.74, 6) is -0.107. The van der Waals surface area contributed by atoms with Crippen LogP contribution in [-0.2, 0) is 32.6 Å². The maximum atomic E-state index is 14.3. The summed E-state index contributed by atoms with van der Waals surface area (Å²) in [6.45, 7) is 5.76. The summed E-state index contributed by atoms with van der Waals surface area (Å²) >= 11 is 3.49. The van der Waals surface area contributed by atoms with Gasteiger partial charge in [-0.1, -0.05) is 65.3 Å². The van der Waals surface area contributed by atoms with Crippen LogP contribution in [0.15, 0.2) is 77.3 Å². The van der Waals surface area contributed by atoms with Crippen LogP contribution < -0.4 is 19.1 Å². The summed E-state index contributed by atoms with van der Waals surface area (Å²) < 4.78 is 40.0. The van der Waals surface area contributed by atoms with Gasteiger partial charge in [0, 0.05) is 29.5 Å². The van der Waals surface area contributed by atoms with Gasteiger partial charge in [-0.05, 0) is 55.7 Å². The average molecular weight is 673 g/mol. The number of carbonyl (C=O) groups is 2. The second kappa shape index (κ2) is 14.7. The molecule has 0 saturated heterocycles. The zero-order valence-corrected chi connectivity index (χ0v) is 27.1. The Morgan fingerprint density at radius 1 is 0.930 bits per heavy atom. The highest BCUT2D eigenvalue weighted by Gasteiger charge is 2.34.